The highest BCUT2D eigenvalue weighted by atomic mass is 16.7. The van der Waals surface area contributed by atoms with Crippen LogP contribution >= 0.6 is 0 Å². The molecule has 3 aromatic rings. The Morgan fingerprint density at radius 1 is 0.900 bits per heavy atom. The van der Waals surface area contributed by atoms with Crippen molar-refractivity contribution in [3.63, 3.8) is 0 Å². The van der Waals surface area contributed by atoms with Gasteiger partial charge in [-0.25, -0.2) is 4.79 Å². The van der Waals surface area contributed by atoms with Gasteiger partial charge in [0.1, 0.15) is 0 Å². The van der Waals surface area contributed by atoms with E-state index in [1.54, 1.807) is 11.9 Å². The number of anilines is 2. The minimum atomic E-state index is -0.602. The van der Waals surface area contributed by atoms with Crippen molar-refractivity contribution < 1.29 is 19.0 Å². The van der Waals surface area contributed by atoms with Gasteiger partial charge < -0.3 is 19.1 Å². The number of fused-ring (bicyclic) bond motifs is 8. The summed E-state index contributed by atoms with van der Waals surface area (Å²) in [6.07, 6.45) is 2.96. The summed E-state index contributed by atoms with van der Waals surface area (Å²) in [6.45, 7) is 0.191. The van der Waals surface area contributed by atoms with Crippen LogP contribution in [-0.2, 0) is 4.74 Å². The second-order valence-electron chi connectivity index (χ2n) is 7.39. The van der Waals surface area contributed by atoms with Crippen LogP contribution in [-0.4, -0.2) is 19.9 Å². The van der Waals surface area contributed by atoms with Crippen molar-refractivity contribution in [1.29, 1.82) is 0 Å². The van der Waals surface area contributed by atoms with Gasteiger partial charge in [-0.1, -0.05) is 42.5 Å². The monoisotopic (exact) mass is 398 g/mol. The maximum Gasteiger partial charge on any atom is 0.416 e. The maximum atomic E-state index is 13.1. The van der Waals surface area contributed by atoms with Crippen LogP contribution in [0.4, 0.5) is 16.2 Å². The number of carbonyl (C=O) groups excluding carboxylic acids is 1. The molecular formula is C24H18N2O4. The molecule has 3 aliphatic heterocycles. The van der Waals surface area contributed by atoms with E-state index < -0.39 is 12.3 Å². The van der Waals surface area contributed by atoms with Gasteiger partial charge in [0, 0.05) is 36.0 Å². The Bertz CT molecular complexity index is 1220. The Morgan fingerprint density at radius 3 is 2.57 bits per heavy atom. The quantitative estimate of drug-likeness (QED) is 0.524. The van der Waals surface area contributed by atoms with E-state index in [1.165, 1.54) is 0 Å². The number of hydrogen-bond acceptors (Lipinski definition) is 5. The van der Waals surface area contributed by atoms with Gasteiger partial charge in [0.25, 0.3) is 0 Å². The second kappa shape index (κ2) is 6.29. The third-order valence-corrected chi connectivity index (χ3v) is 5.74. The fourth-order valence-electron chi connectivity index (χ4n) is 4.23. The summed E-state index contributed by atoms with van der Waals surface area (Å²) in [5.41, 5.74) is 5.45. The van der Waals surface area contributed by atoms with Crippen molar-refractivity contribution in [2.75, 3.05) is 23.6 Å². The summed E-state index contributed by atoms with van der Waals surface area (Å²) in [5, 5.41) is 0. The summed E-state index contributed by atoms with van der Waals surface area (Å²) in [4.78, 5) is 16.6. The molecule has 148 valence electrons. The van der Waals surface area contributed by atoms with E-state index >= 15 is 0 Å². The maximum absolute atomic E-state index is 13.1. The smallest absolute Gasteiger partial charge is 0.416 e. The molecule has 0 saturated heterocycles. The van der Waals surface area contributed by atoms with Crippen LogP contribution in [0.3, 0.4) is 0 Å². The predicted octanol–water partition coefficient (Wildman–Crippen LogP) is 5.16. The normalized spacial score (nSPS) is 18.3. The molecule has 0 spiro atoms. The Labute approximate surface area is 173 Å². The highest BCUT2D eigenvalue weighted by molar-refractivity contribution is 5.98. The molecule has 6 rings (SSSR count). The van der Waals surface area contributed by atoms with E-state index in [9.17, 15) is 4.79 Å². The van der Waals surface area contributed by atoms with Crippen LogP contribution in [0.25, 0.3) is 17.2 Å². The van der Waals surface area contributed by atoms with Crippen molar-refractivity contribution in [3.05, 3.63) is 78.0 Å². The van der Waals surface area contributed by atoms with Gasteiger partial charge in [-0.2, -0.15) is 0 Å². The SMILES string of the molecule is CN1C(=O)O[C@H]2c3ccccc3C=CN2c2cc3c(cc2-c2ccccc21)OCO3. The number of hydrogen-bond donors (Lipinski definition) is 0. The predicted molar refractivity (Wildman–Crippen MR) is 114 cm³/mol. The van der Waals surface area contributed by atoms with E-state index in [-0.39, 0.29) is 6.79 Å². The molecule has 30 heavy (non-hydrogen) atoms. The Balaban J connectivity index is 1.65. The first-order valence-corrected chi connectivity index (χ1v) is 9.73. The first-order chi connectivity index (χ1) is 14.7. The highest BCUT2D eigenvalue weighted by Crippen LogP contribution is 2.49. The van der Waals surface area contributed by atoms with E-state index in [2.05, 4.69) is 0 Å². The minimum Gasteiger partial charge on any atom is -0.454 e. The topological polar surface area (TPSA) is 51.2 Å². The number of para-hydroxylation sites is 1. The second-order valence-corrected chi connectivity index (χ2v) is 7.39. The first-order valence-electron chi connectivity index (χ1n) is 9.73. The lowest BCUT2D eigenvalue weighted by molar-refractivity contribution is 0.107. The zero-order valence-corrected chi connectivity index (χ0v) is 16.2. The highest BCUT2D eigenvalue weighted by Gasteiger charge is 2.34. The molecule has 0 aliphatic carbocycles. The van der Waals surface area contributed by atoms with Crippen molar-refractivity contribution in [3.8, 4) is 22.6 Å². The zero-order chi connectivity index (χ0) is 20.2. The Morgan fingerprint density at radius 2 is 1.67 bits per heavy atom. The minimum absolute atomic E-state index is 0.191. The number of ether oxygens (including phenoxy) is 3. The standard InChI is InChI=1S/C24H18N2O4/c1-25-19-9-5-4-8-17(19)18-12-21-22(29-14-28-21)13-20(18)26-11-10-15-6-2-3-7-16(15)23(26)30-24(25)27/h2-13,23H,14H2,1H3/t23-/m0/s1. The molecular weight excluding hydrogens is 380 g/mol. The van der Waals surface area contributed by atoms with Gasteiger partial charge in [-0.15, -0.1) is 0 Å². The third kappa shape index (κ3) is 2.40. The van der Waals surface area contributed by atoms with Crippen molar-refractivity contribution in [2.45, 2.75) is 6.23 Å². The molecule has 0 aromatic heterocycles. The molecule has 0 unspecified atom stereocenters. The van der Waals surface area contributed by atoms with Crippen LogP contribution in [0.15, 0.2) is 66.9 Å². The van der Waals surface area contributed by atoms with E-state index in [0.29, 0.717) is 11.5 Å². The molecule has 0 fully saturated rings. The fraction of sp³-hybridized carbons (Fsp3) is 0.125. The largest absolute Gasteiger partial charge is 0.454 e. The number of benzene rings is 3. The Hall–Kier alpha value is -3.93. The number of nitrogens with zero attached hydrogens (tertiary/aromatic N) is 2. The lowest BCUT2D eigenvalue weighted by Crippen LogP contribution is -2.34. The number of carbonyl (C=O) groups is 1. The summed E-state index contributed by atoms with van der Waals surface area (Å²) >= 11 is 0. The van der Waals surface area contributed by atoms with Gasteiger partial charge >= 0.3 is 6.09 Å². The third-order valence-electron chi connectivity index (χ3n) is 5.74. The molecule has 1 amide bonds. The Kier molecular flexibility index (Phi) is 3.56. The van der Waals surface area contributed by atoms with Crippen molar-refractivity contribution >= 4 is 23.5 Å². The zero-order valence-electron chi connectivity index (χ0n) is 16.2. The summed E-state index contributed by atoms with van der Waals surface area (Å²) in [5.74, 6) is 1.37. The lowest BCUT2D eigenvalue weighted by Gasteiger charge is -2.34. The molecule has 6 heteroatoms. The molecule has 3 heterocycles. The van der Waals surface area contributed by atoms with Crippen LogP contribution in [0.5, 0.6) is 11.5 Å². The van der Waals surface area contributed by atoms with Gasteiger partial charge in [0.2, 0.25) is 13.0 Å². The van der Waals surface area contributed by atoms with Gasteiger partial charge in [-0.05, 0) is 23.8 Å². The van der Waals surface area contributed by atoms with Gasteiger partial charge in [0.05, 0.1) is 11.4 Å². The number of rotatable bonds is 0. The molecule has 3 aliphatic rings. The first kappa shape index (κ1) is 17.0. The average molecular weight is 398 g/mol. The molecule has 6 nitrogen and oxygen atoms in total. The molecule has 3 aromatic carbocycles. The van der Waals surface area contributed by atoms with E-state index in [4.69, 9.17) is 14.2 Å². The molecule has 1 atom stereocenters. The fourth-order valence-corrected chi connectivity index (χ4v) is 4.23. The lowest BCUT2D eigenvalue weighted by atomic mass is 9.97. The molecule has 0 radical (unpaired) electrons. The van der Waals surface area contributed by atoms with E-state index in [0.717, 1.165) is 33.6 Å². The van der Waals surface area contributed by atoms with Crippen LogP contribution in [0.1, 0.15) is 17.4 Å². The summed E-state index contributed by atoms with van der Waals surface area (Å²) in [7, 11) is 1.73. The molecule has 0 N–H and O–H groups in total. The van der Waals surface area contributed by atoms with E-state index in [1.807, 2.05) is 77.8 Å². The number of amides is 1. The van der Waals surface area contributed by atoms with Crippen LogP contribution < -0.4 is 19.3 Å². The van der Waals surface area contributed by atoms with Crippen molar-refractivity contribution in [2.24, 2.45) is 0 Å². The van der Waals surface area contributed by atoms with Gasteiger partial charge in [0.15, 0.2) is 11.5 Å². The average Bonchev–Trinajstić information content (AvgIpc) is 3.26. The van der Waals surface area contributed by atoms with Crippen LogP contribution in [0, 0.1) is 0 Å². The molecule has 0 saturated carbocycles. The van der Waals surface area contributed by atoms with Gasteiger partial charge in [-0.3, -0.25) is 4.90 Å². The van der Waals surface area contributed by atoms with Crippen molar-refractivity contribution in [1.82, 2.24) is 0 Å². The van der Waals surface area contributed by atoms with Crippen LogP contribution in [0.2, 0.25) is 0 Å². The summed E-state index contributed by atoms with van der Waals surface area (Å²) in [6, 6.07) is 19.7. The summed E-state index contributed by atoms with van der Waals surface area (Å²) < 4.78 is 17.3. The molecule has 0 bridgehead atoms.